The van der Waals surface area contributed by atoms with Gasteiger partial charge in [-0.25, -0.2) is 0 Å². The normalized spacial score (nSPS) is 29.1. The molecule has 120 valence electrons. The molecule has 0 aromatic carbocycles. The molecule has 0 radical (unpaired) electrons. The van der Waals surface area contributed by atoms with Gasteiger partial charge in [0.25, 0.3) is 0 Å². The van der Waals surface area contributed by atoms with Crippen LogP contribution in [-0.4, -0.2) is 49.8 Å². The highest BCUT2D eigenvalue weighted by Gasteiger charge is 2.37. The summed E-state index contributed by atoms with van der Waals surface area (Å²) in [6.07, 6.45) is 4.19. The standard InChI is InChI=1S/C15H26N2O4/c1-2-20-14(19)4-3-13(18)17-12-5-7-15(8-6-12)11-16-9-10-21-15/h12,16H,2-11H2,1H3,(H,17,18). The van der Waals surface area contributed by atoms with Crippen LogP contribution in [0.5, 0.6) is 0 Å². The zero-order chi connectivity index (χ0) is 15.1. The lowest BCUT2D eigenvalue weighted by molar-refractivity contribution is -0.144. The predicted molar refractivity (Wildman–Crippen MR) is 77.8 cm³/mol. The van der Waals surface area contributed by atoms with E-state index in [1.807, 2.05) is 0 Å². The molecule has 1 aliphatic heterocycles. The SMILES string of the molecule is CCOC(=O)CCC(=O)NC1CCC2(CC1)CNCCO2. The number of esters is 1. The molecule has 6 nitrogen and oxygen atoms in total. The first-order valence-electron chi connectivity index (χ1n) is 7.93. The summed E-state index contributed by atoms with van der Waals surface area (Å²) in [4.78, 5) is 23.0. The van der Waals surface area contributed by atoms with E-state index in [2.05, 4.69) is 10.6 Å². The van der Waals surface area contributed by atoms with Crippen LogP contribution in [-0.2, 0) is 19.1 Å². The summed E-state index contributed by atoms with van der Waals surface area (Å²) < 4.78 is 10.7. The molecule has 1 heterocycles. The fourth-order valence-electron chi connectivity index (χ4n) is 3.06. The van der Waals surface area contributed by atoms with Crippen LogP contribution in [0, 0.1) is 0 Å². The first-order valence-corrected chi connectivity index (χ1v) is 7.93. The summed E-state index contributed by atoms with van der Waals surface area (Å²) in [5, 5.41) is 6.40. The fourth-order valence-corrected chi connectivity index (χ4v) is 3.06. The summed E-state index contributed by atoms with van der Waals surface area (Å²) in [6, 6.07) is 0.204. The lowest BCUT2D eigenvalue weighted by Crippen LogP contribution is -2.53. The van der Waals surface area contributed by atoms with E-state index in [1.165, 1.54) is 0 Å². The molecule has 1 spiro atoms. The largest absolute Gasteiger partial charge is 0.466 e. The van der Waals surface area contributed by atoms with E-state index in [0.717, 1.165) is 45.4 Å². The molecule has 2 aliphatic rings. The monoisotopic (exact) mass is 298 g/mol. The molecule has 0 aromatic rings. The van der Waals surface area contributed by atoms with E-state index < -0.39 is 0 Å². The van der Waals surface area contributed by atoms with Crippen LogP contribution >= 0.6 is 0 Å². The van der Waals surface area contributed by atoms with E-state index >= 15 is 0 Å². The molecule has 1 saturated carbocycles. The maximum Gasteiger partial charge on any atom is 0.306 e. The number of rotatable bonds is 5. The second kappa shape index (κ2) is 7.75. The minimum Gasteiger partial charge on any atom is -0.466 e. The van der Waals surface area contributed by atoms with Crippen molar-refractivity contribution in [3.8, 4) is 0 Å². The molecule has 0 atom stereocenters. The lowest BCUT2D eigenvalue weighted by atomic mass is 9.81. The number of hydrogen-bond donors (Lipinski definition) is 2. The van der Waals surface area contributed by atoms with Crippen molar-refractivity contribution < 1.29 is 19.1 Å². The number of carbonyl (C=O) groups excluding carboxylic acids is 2. The number of morpholine rings is 1. The molecule has 0 aromatic heterocycles. The van der Waals surface area contributed by atoms with Gasteiger partial charge in [0.1, 0.15) is 0 Å². The molecule has 1 amide bonds. The van der Waals surface area contributed by atoms with Crippen molar-refractivity contribution >= 4 is 11.9 Å². The molecular weight excluding hydrogens is 272 g/mol. The van der Waals surface area contributed by atoms with Gasteiger partial charge in [-0.2, -0.15) is 0 Å². The number of amides is 1. The summed E-state index contributed by atoms with van der Waals surface area (Å²) in [6.45, 7) is 4.74. The molecule has 2 N–H and O–H groups in total. The maximum atomic E-state index is 11.8. The van der Waals surface area contributed by atoms with Gasteiger partial charge in [-0.3, -0.25) is 9.59 Å². The van der Waals surface area contributed by atoms with Gasteiger partial charge in [-0.15, -0.1) is 0 Å². The number of hydrogen-bond acceptors (Lipinski definition) is 5. The molecule has 2 fully saturated rings. The lowest BCUT2D eigenvalue weighted by Gasteiger charge is -2.43. The summed E-state index contributed by atoms with van der Waals surface area (Å²) in [5.74, 6) is -0.372. The Morgan fingerprint density at radius 3 is 2.71 bits per heavy atom. The molecule has 0 unspecified atom stereocenters. The van der Waals surface area contributed by atoms with Crippen molar-refractivity contribution in [1.29, 1.82) is 0 Å². The van der Waals surface area contributed by atoms with Crippen LogP contribution in [0.1, 0.15) is 45.4 Å². The van der Waals surface area contributed by atoms with Gasteiger partial charge in [-0.05, 0) is 32.6 Å². The molecule has 2 rings (SSSR count). The van der Waals surface area contributed by atoms with Gasteiger partial charge in [0, 0.05) is 25.6 Å². The summed E-state index contributed by atoms with van der Waals surface area (Å²) in [7, 11) is 0. The van der Waals surface area contributed by atoms with Crippen molar-refractivity contribution in [3.05, 3.63) is 0 Å². The Morgan fingerprint density at radius 1 is 1.33 bits per heavy atom. The van der Waals surface area contributed by atoms with Gasteiger partial charge in [0.15, 0.2) is 0 Å². The third-order valence-electron chi connectivity index (χ3n) is 4.26. The smallest absolute Gasteiger partial charge is 0.306 e. The zero-order valence-electron chi connectivity index (χ0n) is 12.8. The van der Waals surface area contributed by atoms with Crippen LogP contribution < -0.4 is 10.6 Å². The Hall–Kier alpha value is -1.14. The number of ether oxygens (including phenoxy) is 2. The van der Waals surface area contributed by atoms with Crippen LogP contribution in [0.3, 0.4) is 0 Å². The van der Waals surface area contributed by atoms with Crippen molar-refractivity contribution in [2.45, 2.75) is 57.1 Å². The minimum atomic E-state index is -0.308. The quantitative estimate of drug-likeness (QED) is 0.732. The fraction of sp³-hybridized carbons (Fsp3) is 0.867. The maximum absolute atomic E-state index is 11.8. The second-order valence-corrected chi connectivity index (χ2v) is 5.86. The van der Waals surface area contributed by atoms with E-state index in [1.54, 1.807) is 6.92 Å². The van der Waals surface area contributed by atoms with Crippen LogP contribution in [0.4, 0.5) is 0 Å². The molecule has 0 bridgehead atoms. The van der Waals surface area contributed by atoms with Gasteiger partial charge in [0.05, 0.1) is 25.2 Å². The molecule has 21 heavy (non-hydrogen) atoms. The first kappa shape index (κ1) is 16.2. The molecular formula is C15H26N2O4. The Labute approximate surface area is 125 Å². The van der Waals surface area contributed by atoms with Gasteiger partial charge in [-0.1, -0.05) is 0 Å². The first-order chi connectivity index (χ1) is 10.1. The minimum absolute atomic E-state index is 0.0234. The van der Waals surface area contributed by atoms with E-state index in [9.17, 15) is 9.59 Å². The Morgan fingerprint density at radius 2 is 2.10 bits per heavy atom. The average molecular weight is 298 g/mol. The third kappa shape index (κ3) is 4.97. The summed E-state index contributed by atoms with van der Waals surface area (Å²) in [5.41, 5.74) is -0.0234. The van der Waals surface area contributed by atoms with Gasteiger partial charge < -0.3 is 20.1 Å². The zero-order valence-corrected chi connectivity index (χ0v) is 12.8. The third-order valence-corrected chi connectivity index (χ3v) is 4.26. The molecule has 1 aliphatic carbocycles. The highest BCUT2D eigenvalue weighted by molar-refractivity contribution is 5.81. The van der Waals surface area contributed by atoms with Crippen LogP contribution in [0.25, 0.3) is 0 Å². The molecule has 6 heteroatoms. The summed E-state index contributed by atoms with van der Waals surface area (Å²) >= 11 is 0. The van der Waals surface area contributed by atoms with Crippen molar-refractivity contribution in [1.82, 2.24) is 10.6 Å². The second-order valence-electron chi connectivity index (χ2n) is 5.86. The van der Waals surface area contributed by atoms with Gasteiger partial charge >= 0.3 is 5.97 Å². The highest BCUT2D eigenvalue weighted by Crippen LogP contribution is 2.32. The Balaban J connectivity index is 1.66. The van der Waals surface area contributed by atoms with E-state index in [-0.39, 0.29) is 36.4 Å². The van der Waals surface area contributed by atoms with Gasteiger partial charge in [0.2, 0.25) is 5.91 Å². The van der Waals surface area contributed by atoms with Crippen LogP contribution in [0.15, 0.2) is 0 Å². The van der Waals surface area contributed by atoms with Crippen molar-refractivity contribution in [2.75, 3.05) is 26.3 Å². The van der Waals surface area contributed by atoms with E-state index in [0.29, 0.717) is 6.61 Å². The van der Waals surface area contributed by atoms with Crippen LogP contribution in [0.2, 0.25) is 0 Å². The van der Waals surface area contributed by atoms with Crippen molar-refractivity contribution in [3.63, 3.8) is 0 Å². The van der Waals surface area contributed by atoms with E-state index in [4.69, 9.17) is 9.47 Å². The Kier molecular flexibility index (Phi) is 5.99. The average Bonchev–Trinajstić information content (AvgIpc) is 2.49. The number of carbonyl (C=O) groups is 2. The topological polar surface area (TPSA) is 76.7 Å². The Bertz CT molecular complexity index is 357. The number of nitrogens with one attached hydrogen (secondary N) is 2. The predicted octanol–water partition coefficient (Wildman–Crippen LogP) is 0.747. The van der Waals surface area contributed by atoms with Crippen molar-refractivity contribution in [2.24, 2.45) is 0 Å². The molecule has 1 saturated heterocycles. The highest BCUT2D eigenvalue weighted by atomic mass is 16.5.